The SMILES string of the molecule is CC1NCCCCC1=N. The minimum Gasteiger partial charge on any atom is -0.309 e. The van der Waals surface area contributed by atoms with Gasteiger partial charge in [0.05, 0.1) is 0 Å². The molecule has 1 fully saturated rings. The molecule has 0 amide bonds. The number of hydrogen-bond acceptors (Lipinski definition) is 2. The van der Waals surface area contributed by atoms with Gasteiger partial charge >= 0.3 is 0 Å². The summed E-state index contributed by atoms with van der Waals surface area (Å²) >= 11 is 0. The van der Waals surface area contributed by atoms with Gasteiger partial charge < -0.3 is 10.7 Å². The Hall–Kier alpha value is -0.370. The standard InChI is InChI=1S/C7H14N2/c1-6-7(8)4-2-3-5-9-6/h6,8-9H,2-5H2,1H3. The van der Waals surface area contributed by atoms with Gasteiger partial charge in [-0.1, -0.05) is 0 Å². The quantitative estimate of drug-likeness (QED) is 0.502. The van der Waals surface area contributed by atoms with Crippen LogP contribution in [0.4, 0.5) is 0 Å². The van der Waals surface area contributed by atoms with Crippen LogP contribution >= 0.6 is 0 Å². The highest BCUT2D eigenvalue weighted by Gasteiger charge is 2.10. The van der Waals surface area contributed by atoms with Gasteiger partial charge in [0, 0.05) is 11.8 Å². The summed E-state index contributed by atoms with van der Waals surface area (Å²) in [4.78, 5) is 0. The third kappa shape index (κ3) is 1.79. The van der Waals surface area contributed by atoms with Crippen molar-refractivity contribution in [1.29, 1.82) is 5.41 Å². The fourth-order valence-electron chi connectivity index (χ4n) is 1.10. The van der Waals surface area contributed by atoms with E-state index in [1.807, 2.05) is 0 Å². The lowest BCUT2D eigenvalue weighted by Crippen LogP contribution is -2.31. The zero-order valence-corrected chi connectivity index (χ0v) is 5.91. The summed E-state index contributed by atoms with van der Waals surface area (Å²) < 4.78 is 0. The monoisotopic (exact) mass is 126 g/mol. The topological polar surface area (TPSA) is 35.9 Å². The fourth-order valence-corrected chi connectivity index (χ4v) is 1.10. The van der Waals surface area contributed by atoms with Gasteiger partial charge in [-0.15, -0.1) is 0 Å². The van der Waals surface area contributed by atoms with Gasteiger partial charge in [0.15, 0.2) is 0 Å². The molecule has 0 aliphatic carbocycles. The largest absolute Gasteiger partial charge is 0.309 e. The summed E-state index contributed by atoms with van der Waals surface area (Å²) in [5.41, 5.74) is 0.868. The molecule has 1 aliphatic heterocycles. The molecule has 52 valence electrons. The van der Waals surface area contributed by atoms with E-state index in [9.17, 15) is 0 Å². The summed E-state index contributed by atoms with van der Waals surface area (Å²) in [7, 11) is 0. The van der Waals surface area contributed by atoms with Gasteiger partial charge in [-0.25, -0.2) is 0 Å². The first-order chi connectivity index (χ1) is 4.30. The van der Waals surface area contributed by atoms with Crippen molar-refractivity contribution in [3.8, 4) is 0 Å². The highest BCUT2D eigenvalue weighted by atomic mass is 14.9. The maximum atomic E-state index is 7.47. The average Bonchev–Trinajstić information content (AvgIpc) is 1.99. The first kappa shape index (κ1) is 6.75. The molecule has 0 aromatic heterocycles. The first-order valence-electron chi connectivity index (χ1n) is 3.61. The molecule has 1 unspecified atom stereocenters. The maximum Gasteiger partial charge on any atom is 0.0419 e. The summed E-state index contributed by atoms with van der Waals surface area (Å²) in [5, 5.41) is 10.7. The Labute approximate surface area is 56.2 Å². The van der Waals surface area contributed by atoms with Gasteiger partial charge in [-0.3, -0.25) is 0 Å². The van der Waals surface area contributed by atoms with E-state index in [1.54, 1.807) is 0 Å². The molecular weight excluding hydrogens is 112 g/mol. The molecule has 0 bridgehead atoms. The van der Waals surface area contributed by atoms with E-state index in [0.29, 0.717) is 6.04 Å². The molecule has 0 aromatic carbocycles. The molecule has 1 rings (SSSR count). The molecule has 0 spiro atoms. The third-order valence-electron chi connectivity index (χ3n) is 1.85. The van der Waals surface area contributed by atoms with Crippen LogP contribution in [0.2, 0.25) is 0 Å². The minimum absolute atomic E-state index is 0.326. The first-order valence-corrected chi connectivity index (χ1v) is 3.61. The van der Waals surface area contributed by atoms with E-state index in [-0.39, 0.29) is 0 Å². The predicted octanol–water partition coefficient (Wildman–Crippen LogP) is 1.17. The Kier molecular flexibility index (Phi) is 2.22. The van der Waals surface area contributed by atoms with E-state index in [4.69, 9.17) is 5.41 Å². The van der Waals surface area contributed by atoms with Crippen molar-refractivity contribution in [2.45, 2.75) is 32.2 Å². The van der Waals surface area contributed by atoms with Crippen molar-refractivity contribution in [1.82, 2.24) is 5.32 Å². The van der Waals surface area contributed by atoms with Crippen LogP contribution in [0.15, 0.2) is 0 Å². The normalized spacial score (nSPS) is 29.9. The van der Waals surface area contributed by atoms with Crippen LogP contribution in [0.25, 0.3) is 0 Å². The molecule has 0 saturated carbocycles. The third-order valence-corrected chi connectivity index (χ3v) is 1.85. The van der Waals surface area contributed by atoms with Crippen molar-refractivity contribution < 1.29 is 0 Å². The van der Waals surface area contributed by atoms with Crippen LogP contribution in [0.1, 0.15) is 26.2 Å². The lowest BCUT2D eigenvalue weighted by atomic mass is 10.1. The zero-order valence-electron chi connectivity index (χ0n) is 5.91. The Morgan fingerprint density at radius 2 is 2.33 bits per heavy atom. The van der Waals surface area contributed by atoms with Gasteiger partial charge in [0.2, 0.25) is 0 Å². The fraction of sp³-hybridized carbons (Fsp3) is 0.857. The molecule has 1 aliphatic rings. The molecule has 0 aromatic rings. The van der Waals surface area contributed by atoms with Gasteiger partial charge in [-0.2, -0.15) is 0 Å². The molecule has 9 heavy (non-hydrogen) atoms. The summed E-state index contributed by atoms with van der Waals surface area (Å²) in [6.07, 6.45) is 3.41. The van der Waals surface area contributed by atoms with E-state index in [2.05, 4.69) is 12.2 Å². The molecule has 2 N–H and O–H groups in total. The molecule has 1 saturated heterocycles. The number of rotatable bonds is 0. The Morgan fingerprint density at radius 1 is 1.56 bits per heavy atom. The van der Waals surface area contributed by atoms with Crippen molar-refractivity contribution >= 4 is 5.71 Å². The van der Waals surface area contributed by atoms with E-state index in [1.165, 1.54) is 12.8 Å². The summed E-state index contributed by atoms with van der Waals surface area (Å²) in [5.74, 6) is 0. The Balaban J connectivity index is 2.41. The van der Waals surface area contributed by atoms with E-state index >= 15 is 0 Å². The molecule has 2 nitrogen and oxygen atoms in total. The number of nitrogens with one attached hydrogen (secondary N) is 2. The van der Waals surface area contributed by atoms with Crippen molar-refractivity contribution in [3.63, 3.8) is 0 Å². The van der Waals surface area contributed by atoms with Crippen LogP contribution in [-0.4, -0.2) is 18.3 Å². The minimum atomic E-state index is 0.326. The molecule has 1 heterocycles. The Morgan fingerprint density at radius 3 is 3.11 bits per heavy atom. The highest BCUT2D eigenvalue weighted by molar-refractivity contribution is 5.86. The lowest BCUT2D eigenvalue weighted by molar-refractivity contribution is 0.645. The zero-order chi connectivity index (χ0) is 6.69. The highest BCUT2D eigenvalue weighted by Crippen LogP contribution is 2.03. The van der Waals surface area contributed by atoms with Gasteiger partial charge in [0.25, 0.3) is 0 Å². The molecule has 0 radical (unpaired) electrons. The van der Waals surface area contributed by atoms with Crippen LogP contribution < -0.4 is 5.32 Å². The van der Waals surface area contributed by atoms with E-state index < -0.39 is 0 Å². The molecule has 2 heteroatoms. The predicted molar refractivity (Wildman–Crippen MR) is 39.0 cm³/mol. The molecule has 1 atom stereocenters. The second-order valence-electron chi connectivity index (χ2n) is 2.66. The average molecular weight is 126 g/mol. The molecular formula is C7H14N2. The smallest absolute Gasteiger partial charge is 0.0419 e. The second-order valence-corrected chi connectivity index (χ2v) is 2.66. The van der Waals surface area contributed by atoms with Gasteiger partial charge in [0.1, 0.15) is 0 Å². The lowest BCUT2D eigenvalue weighted by Gasteiger charge is -2.08. The second kappa shape index (κ2) is 2.97. The van der Waals surface area contributed by atoms with Crippen molar-refractivity contribution in [2.75, 3.05) is 6.54 Å². The summed E-state index contributed by atoms with van der Waals surface area (Å²) in [6, 6.07) is 0.326. The number of hydrogen-bond donors (Lipinski definition) is 2. The summed E-state index contributed by atoms with van der Waals surface area (Å²) in [6.45, 7) is 3.15. The van der Waals surface area contributed by atoms with Crippen molar-refractivity contribution in [3.05, 3.63) is 0 Å². The van der Waals surface area contributed by atoms with Crippen LogP contribution in [-0.2, 0) is 0 Å². The van der Waals surface area contributed by atoms with Crippen molar-refractivity contribution in [2.24, 2.45) is 0 Å². The van der Waals surface area contributed by atoms with Crippen LogP contribution in [0.5, 0.6) is 0 Å². The van der Waals surface area contributed by atoms with Crippen LogP contribution in [0, 0.1) is 5.41 Å². The van der Waals surface area contributed by atoms with Gasteiger partial charge in [-0.05, 0) is 32.7 Å². The Bertz CT molecular complexity index is 109. The maximum absolute atomic E-state index is 7.47. The van der Waals surface area contributed by atoms with Crippen LogP contribution in [0.3, 0.4) is 0 Å². The van der Waals surface area contributed by atoms with E-state index in [0.717, 1.165) is 18.7 Å².